The van der Waals surface area contributed by atoms with Crippen molar-refractivity contribution in [3.63, 3.8) is 0 Å². The molecule has 0 unspecified atom stereocenters. The summed E-state index contributed by atoms with van der Waals surface area (Å²) in [6.07, 6.45) is 0. The molecule has 0 aliphatic heterocycles. The number of rotatable bonds is 8. The maximum atomic E-state index is 11.7. The van der Waals surface area contributed by atoms with Crippen molar-refractivity contribution in [1.82, 2.24) is 15.0 Å². The van der Waals surface area contributed by atoms with Crippen LogP contribution in [0.1, 0.15) is 49.9 Å². The monoisotopic (exact) mass is 527 g/mol. The third-order valence-corrected chi connectivity index (χ3v) is 7.78. The molecular weight excluding hydrogens is 498 g/mol. The van der Waals surface area contributed by atoms with Crippen LogP contribution in [0, 0.1) is 0 Å². The summed E-state index contributed by atoms with van der Waals surface area (Å²) in [7, 11) is 0. The SMILES string of the molecule is CC(C)(c1ccccc1)c1cc(-n2nc3ccc(SOOO)cc3n2)c(O)c(C(C)(C)c2ccccc2)c1. The molecule has 0 bridgehead atoms. The Bertz CT molecular complexity index is 1570. The molecule has 0 aliphatic carbocycles. The van der Waals surface area contributed by atoms with Crippen LogP contribution in [0.5, 0.6) is 5.75 Å². The first-order chi connectivity index (χ1) is 18.2. The maximum Gasteiger partial charge on any atom is 0.147 e. The summed E-state index contributed by atoms with van der Waals surface area (Å²) in [6, 6.07) is 29.9. The quantitative estimate of drug-likeness (QED) is 0.125. The van der Waals surface area contributed by atoms with Crippen molar-refractivity contribution in [2.24, 2.45) is 0 Å². The molecule has 1 aromatic heterocycles. The number of benzene rings is 4. The zero-order valence-corrected chi connectivity index (χ0v) is 22.4. The van der Waals surface area contributed by atoms with E-state index >= 15 is 0 Å². The van der Waals surface area contributed by atoms with Crippen molar-refractivity contribution in [2.45, 2.75) is 43.4 Å². The Labute approximate surface area is 225 Å². The van der Waals surface area contributed by atoms with Crippen LogP contribution in [0.4, 0.5) is 0 Å². The smallest absolute Gasteiger partial charge is 0.147 e. The van der Waals surface area contributed by atoms with Crippen molar-refractivity contribution in [3.8, 4) is 11.4 Å². The molecule has 0 atom stereocenters. The average molecular weight is 528 g/mol. The molecule has 0 saturated heterocycles. The molecular formula is C30H29N3O4S. The first kappa shape index (κ1) is 25.9. The Kier molecular flexibility index (Phi) is 6.98. The fraction of sp³-hybridized carbons (Fsp3) is 0.200. The normalized spacial score (nSPS) is 12.2. The summed E-state index contributed by atoms with van der Waals surface area (Å²) < 4.78 is 4.55. The largest absolute Gasteiger partial charge is 0.505 e. The molecule has 0 fully saturated rings. The highest BCUT2D eigenvalue weighted by Crippen LogP contribution is 2.44. The molecule has 4 aromatic carbocycles. The Morgan fingerprint density at radius 1 is 0.711 bits per heavy atom. The van der Waals surface area contributed by atoms with Crippen LogP contribution in [0.25, 0.3) is 16.7 Å². The molecule has 0 radical (unpaired) electrons. The first-order valence-corrected chi connectivity index (χ1v) is 13.0. The van der Waals surface area contributed by atoms with E-state index in [-0.39, 0.29) is 11.2 Å². The fourth-order valence-electron chi connectivity index (χ4n) is 4.75. The third kappa shape index (κ3) is 4.79. The maximum absolute atomic E-state index is 11.7. The van der Waals surface area contributed by atoms with Crippen LogP contribution in [-0.4, -0.2) is 25.4 Å². The van der Waals surface area contributed by atoms with Crippen LogP contribution < -0.4 is 0 Å². The highest BCUT2D eigenvalue weighted by molar-refractivity contribution is 7.94. The van der Waals surface area contributed by atoms with Gasteiger partial charge in [0.2, 0.25) is 0 Å². The molecule has 0 spiro atoms. The highest BCUT2D eigenvalue weighted by atomic mass is 32.2. The van der Waals surface area contributed by atoms with Crippen LogP contribution in [0.15, 0.2) is 95.9 Å². The van der Waals surface area contributed by atoms with Gasteiger partial charge in [0, 0.05) is 21.3 Å². The summed E-state index contributed by atoms with van der Waals surface area (Å²) >= 11 is 0.852. The van der Waals surface area contributed by atoms with Gasteiger partial charge >= 0.3 is 0 Å². The molecule has 5 rings (SSSR count). The van der Waals surface area contributed by atoms with Gasteiger partial charge in [-0.2, -0.15) is 0 Å². The van der Waals surface area contributed by atoms with E-state index in [0.717, 1.165) is 34.3 Å². The second-order valence-electron chi connectivity index (χ2n) is 10.2. The number of fused-ring (bicyclic) bond motifs is 1. The topological polar surface area (TPSA) is 89.6 Å². The minimum atomic E-state index is -0.499. The number of phenols is 1. The van der Waals surface area contributed by atoms with Crippen LogP contribution >= 0.6 is 12.0 Å². The van der Waals surface area contributed by atoms with Crippen molar-refractivity contribution in [2.75, 3.05) is 0 Å². The van der Waals surface area contributed by atoms with E-state index in [4.69, 9.17) is 5.26 Å². The van der Waals surface area contributed by atoms with Crippen molar-refractivity contribution in [3.05, 3.63) is 113 Å². The number of hydrogen-bond donors (Lipinski definition) is 2. The van der Waals surface area contributed by atoms with Crippen molar-refractivity contribution < 1.29 is 19.7 Å². The van der Waals surface area contributed by atoms with Gasteiger partial charge in [0.25, 0.3) is 0 Å². The van der Waals surface area contributed by atoms with Crippen molar-refractivity contribution >= 4 is 23.1 Å². The molecule has 8 heteroatoms. The molecule has 0 amide bonds. The zero-order chi connectivity index (χ0) is 26.9. The van der Waals surface area contributed by atoms with Gasteiger partial charge in [-0.3, -0.25) is 0 Å². The number of phenolic OH excluding ortho intramolecular Hbond substituents is 1. The van der Waals surface area contributed by atoms with Gasteiger partial charge in [-0.25, -0.2) is 5.26 Å². The third-order valence-electron chi connectivity index (χ3n) is 7.20. The van der Waals surface area contributed by atoms with Gasteiger partial charge in [0.15, 0.2) is 0 Å². The summed E-state index contributed by atoms with van der Waals surface area (Å²) in [5, 5.41) is 33.2. The van der Waals surface area contributed by atoms with Gasteiger partial charge in [-0.15, -0.1) is 19.3 Å². The van der Waals surface area contributed by atoms with Gasteiger partial charge in [-0.05, 0) is 41.0 Å². The fourth-order valence-corrected chi connectivity index (χ4v) is 5.14. The summed E-state index contributed by atoms with van der Waals surface area (Å²) in [6.45, 7) is 8.58. The van der Waals surface area contributed by atoms with E-state index < -0.39 is 5.41 Å². The van der Waals surface area contributed by atoms with Crippen LogP contribution in [0.3, 0.4) is 0 Å². The molecule has 38 heavy (non-hydrogen) atoms. The second-order valence-corrected chi connectivity index (χ2v) is 11.0. The first-order valence-electron chi connectivity index (χ1n) is 12.2. The average Bonchev–Trinajstić information content (AvgIpc) is 3.36. The molecule has 5 aromatic rings. The lowest BCUT2D eigenvalue weighted by atomic mass is 9.72. The van der Waals surface area contributed by atoms with Gasteiger partial charge in [-0.1, -0.05) is 99.5 Å². The molecule has 7 nitrogen and oxygen atoms in total. The summed E-state index contributed by atoms with van der Waals surface area (Å²) in [4.78, 5) is 2.15. The molecule has 2 N–H and O–H groups in total. The van der Waals surface area contributed by atoms with Gasteiger partial charge in [0.1, 0.15) is 22.5 Å². The standard InChI is InChI=1S/C30H29N3O4S/c1-29(2,20-11-7-5-8-12-20)22-17-24(30(3,4)21-13-9-6-10-14-21)28(34)27(18-22)33-31-25-16-15-23(38-37-36-35)19-26(25)32-33/h5-19,34-35H,1-4H3. The van der Waals surface area contributed by atoms with Crippen LogP contribution in [0.2, 0.25) is 0 Å². The molecule has 0 saturated carbocycles. The van der Waals surface area contributed by atoms with E-state index in [1.807, 2.05) is 42.5 Å². The molecule has 0 aliphatic rings. The summed E-state index contributed by atoms with van der Waals surface area (Å²) in [5.41, 5.74) is 4.94. The predicted molar refractivity (Wildman–Crippen MR) is 148 cm³/mol. The van der Waals surface area contributed by atoms with E-state index in [9.17, 15) is 5.11 Å². The summed E-state index contributed by atoms with van der Waals surface area (Å²) in [5.74, 6) is 0.124. The number of aromatic hydroxyl groups is 1. The lowest BCUT2D eigenvalue weighted by Crippen LogP contribution is -2.24. The second kappa shape index (κ2) is 10.2. The minimum absolute atomic E-state index is 0.124. The molecule has 194 valence electrons. The van der Waals surface area contributed by atoms with Gasteiger partial charge in [0.05, 0.1) is 12.0 Å². The lowest BCUT2D eigenvalue weighted by molar-refractivity contribution is -0.432. The molecule has 1 heterocycles. The Balaban J connectivity index is 1.71. The Hall–Kier alpha value is -3.69. The van der Waals surface area contributed by atoms with E-state index in [0.29, 0.717) is 21.6 Å². The minimum Gasteiger partial charge on any atom is -0.505 e. The Morgan fingerprint density at radius 3 is 1.95 bits per heavy atom. The number of aromatic nitrogens is 3. The van der Waals surface area contributed by atoms with Crippen molar-refractivity contribution in [1.29, 1.82) is 0 Å². The van der Waals surface area contributed by atoms with E-state index in [1.165, 1.54) is 4.80 Å². The number of hydrogen-bond acceptors (Lipinski definition) is 7. The Morgan fingerprint density at radius 2 is 1.32 bits per heavy atom. The predicted octanol–water partition coefficient (Wildman–Crippen LogP) is 7.21. The van der Waals surface area contributed by atoms with Crippen LogP contribution in [-0.2, 0) is 20.2 Å². The lowest BCUT2D eigenvalue weighted by Gasteiger charge is -2.32. The highest BCUT2D eigenvalue weighted by Gasteiger charge is 2.32. The van der Waals surface area contributed by atoms with E-state index in [1.54, 1.807) is 18.2 Å². The van der Waals surface area contributed by atoms with E-state index in [2.05, 4.69) is 77.6 Å². The zero-order valence-electron chi connectivity index (χ0n) is 21.6. The number of nitrogens with zero attached hydrogens (tertiary/aromatic N) is 3. The van der Waals surface area contributed by atoms with Gasteiger partial charge < -0.3 is 5.11 Å².